The predicted octanol–water partition coefficient (Wildman–Crippen LogP) is 5.07. The van der Waals surface area contributed by atoms with Gasteiger partial charge >= 0.3 is 5.97 Å². The summed E-state index contributed by atoms with van der Waals surface area (Å²) in [6.07, 6.45) is 2.40. The van der Waals surface area contributed by atoms with Crippen molar-refractivity contribution >= 4 is 32.8 Å². The van der Waals surface area contributed by atoms with Crippen molar-refractivity contribution in [3.63, 3.8) is 0 Å². The van der Waals surface area contributed by atoms with E-state index in [2.05, 4.69) is 20.9 Å². The van der Waals surface area contributed by atoms with Gasteiger partial charge in [0.1, 0.15) is 18.1 Å². The van der Waals surface area contributed by atoms with Crippen molar-refractivity contribution in [2.45, 2.75) is 19.9 Å². The van der Waals surface area contributed by atoms with E-state index in [4.69, 9.17) is 14.3 Å². The molecule has 2 aromatic heterocycles. The number of rotatable bonds is 7. The minimum Gasteiger partial charge on any atom is -0.493 e. The quantitative estimate of drug-likeness (QED) is 0.421. The summed E-state index contributed by atoms with van der Waals surface area (Å²) in [4.78, 5) is 15.5. The molecule has 2 heterocycles. The third kappa shape index (κ3) is 4.35. The highest BCUT2D eigenvalue weighted by Gasteiger charge is 2.12. The van der Waals surface area contributed by atoms with E-state index in [0.717, 1.165) is 38.1 Å². The van der Waals surface area contributed by atoms with Crippen LogP contribution in [0.3, 0.4) is 0 Å². The SMILES string of the molecule is Cc1oc(-c2cccc(Br)c2)nc1CCOc1ccc2c(ccn2CC(=O)O)c1. The molecule has 0 spiro atoms. The van der Waals surface area contributed by atoms with E-state index in [1.165, 1.54) is 0 Å². The highest BCUT2D eigenvalue weighted by atomic mass is 79.9. The Morgan fingerprint density at radius 2 is 2.10 bits per heavy atom. The second-order valence-electron chi connectivity index (χ2n) is 6.69. The number of oxazole rings is 1. The van der Waals surface area contributed by atoms with Gasteiger partial charge in [-0.15, -0.1) is 0 Å². The maximum atomic E-state index is 10.9. The number of ether oxygens (including phenoxy) is 1. The summed E-state index contributed by atoms with van der Waals surface area (Å²) in [6.45, 7) is 2.31. The molecule has 1 N–H and O–H groups in total. The highest BCUT2D eigenvalue weighted by molar-refractivity contribution is 9.10. The topological polar surface area (TPSA) is 77.5 Å². The molecule has 0 aliphatic rings. The number of benzene rings is 2. The van der Waals surface area contributed by atoms with Crippen LogP contribution in [0.4, 0.5) is 0 Å². The van der Waals surface area contributed by atoms with Gasteiger partial charge in [-0.1, -0.05) is 22.0 Å². The second kappa shape index (κ2) is 8.13. The first-order chi connectivity index (χ1) is 14.0. The van der Waals surface area contributed by atoms with Crippen molar-refractivity contribution in [3.8, 4) is 17.2 Å². The normalized spacial score (nSPS) is 11.1. The van der Waals surface area contributed by atoms with Gasteiger partial charge in [-0.05, 0) is 49.4 Å². The zero-order chi connectivity index (χ0) is 20.4. The van der Waals surface area contributed by atoms with Crippen molar-refractivity contribution in [1.29, 1.82) is 0 Å². The molecule has 0 atom stereocenters. The molecule has 0 saturated heterocycles. The fourth-order valence-corrected chi connectivity index (χ4v) is 3.62. The number of hydrogen-bond donors (Lipinski definition) is 1. The lowest BCUT2D eigenvalue weighted by Gasteiger charge is -2.06. The molecule has 0 amide bonds. The maximum Gasteiger partial charge on any atom is 0.323 e. The first kappa shape index (κ1) is 19.3. The summed E-state index contributed by atoms with van der Waals surface area (Å²) < 4.78 is 14.4. The van der Waals surface area contributed by atoms with Gasteiger partial charge in [-0.2, -0.15) is 0 Å². The number of nitrogens with zero attached hydrogens (tertiary/aromatic N) is 2. The molecule has 0 saturated carbocycles. The monoisotopic (exact) mass is 454 g/mol. The lowest BCUT2D eigenvalue weighted by Crippen LogP contribution is -2.07. The molecule has 0 aliphatic carbocycles. The van der Waals surface area contributed by atoms with Gasteiger partial charge in [0, 0.05) is 33.6 Å². The Balaban J connectivity index is 1.42. The number of aryl methyl sites for hydroxylation is 1. The molecule has 6 nitrogen and oxygen atoms in total. The lowest BCUT2D eigenvalue weighted by molar-refractivity contribution is -0.137. The summed E-state index contributed by atoms with van der Waals surface area (Å²) in [7, 11) is 0. The van der Waals surface area contributed by atoms with Crippen molar-refractivity contribution in [1.82, 2.24) is 9.55 Å². The van der Waals surface area contributed by atoms with Gasteiger partial charge < -0.3 is 18.8 Å². The first-order valence-corrected chi connectivity index (χ1v) is 9.94. The number of aliphatic carboxylic acids is 1. The average molecular weight is 455 g/mol. The van der Waals surface area contributed by atoms with Gasteiger partial charge in [0.25, 0.3) is 0 Å². The van der Waals surface area contributed by atoms with Crippen LogP contribution in [0.5, 0.6) is 5.75 Å². The fraction of sp³-hybridized carbons (Fsp3) is 0.182. The van der Waals surface area contributed by atoms with Crippen LogP contribution in [0, 0.1) is 6.92 Å². The van der Waals surface area contributed by atoms with Crippen LogP contribution in [0.2, 0.25) is 0 Å². The van der Waals surface area contributed by atoms with E-state index in [9.17, 15) is 4.79 Å². The first-order valence-electron chi connectivity index (χ1n) is 9.15. The van der Waals surface area contributed by atoms with Gasteiger partial charge in [-0.3, -0.25) is 4.79 Å². The number of carbonyl (C=O) groups is 1. The van der Waals surface area contributed by atoms with Crippen molar-refractivity contribution in [2.24, 2.45) is 0 Å². The Hall–Kier alpha value is -3.06. The van der Waals surface area contributed by atoms with E-state index in [-0.39, 0.29) is 6.54 Å². The van der Waals surface area contributed by atoms with Crippen LogP contribution in [-0.2, 0) is 17.8 Å². The Kier molecular flexibility index (Phi) is 5.40. The number of carboxylic acid groups (broad SMARTS) is 1. The van der Waals surface area contributed by atoms with Crippen LogP contribution in [0.25, 0.3) is 22.4 Å². The Bertz CT molecular complexity index is 1180. The number of carboxylic acids is 1. The van der Waals surface area contributed by atoms with Crippen molar-refractivity contribution < 1.29 is 19.1 Å². The van der Waals surface area contributed by atoms with E-state index in [1.807, 2.05) is 55.5 Å². The van der Waals surface area contributed by atoms with Gasteiger partial charge in [0.05, 0.1) is 12.3 Å². The van der Waals surface area contributed by atoms with E-state index in [0.29, 0.717) is 18.9 Å². The number of fused-ring (bicyclic) bond motifs is 1. The molecule has 4 rings (SSSR count). The molecular formula is C22H19BrN2O4. The van der Waals surface area contributed by atoms with E-state index in [1.54, 1.807) is 10.8 Å². The third-order valence-corrected chi connectivity index (χ3v) is 5.11. The van der Waals surface area contributed by atoms with Crippen LogP contribution in [-0.4, -0.2) is 27.2 Å². The third-order valence-electron chi connectivity index (χ3n) is 4.62. The molecule has 0 bridgehead atoms. The predicted molar refractivity (Wildman–Crippen MR) is 113 cm³/mol. The highest BCUT2D eigenvalue weighted by Crippen LogP contribution is 2.25. The van der Waals surface area contributed by atoms with Crippen molar-refractivity contribution in [3.05, 3.63) is 70.7 Å². The lowest BCUT2D eigenvalue weighted by atomic mass is 10.2. The summed E-state index contributed by atoms with van der Waals surface area (Å²) in [6, 6.07) is 15.4. The van der Waals surface area contributed by atoms with Gasteiger partial charge in [0.2, 0.25) is 5.89 Å². The molecule has 0 radical (unpaired) electrons. The van der Waals surface area contributed by atoms with E-state index >= 15 is 0 Å². The zero-order valence-electron chi connectivity index (χ0n) is 15.8. The molecule has 0 fully saturated rings. The maximum absolute atomic E-state index is 10.9. The molecule has 2 aromatic carbocycles. The second-order valence-corrected chi connectivity index (χ2v) is 7.60. The number of halogens is 1. The fourth-order valence-electron chi connectivity index (χ4n) is 3.22. The minimum absolute atomic E-state index is 0.0601. The van der Waals surface area contributed by atoms with Crippen molar-refractivity contribution in [2.75, 3.05) is 6.61 Å². The summed E-state index contributed by atoms with van der Waals surface area (Å²) in [5.74, 6) is 1.25. The summed E-state index contributed by atoms with van der Waals surface area (Å²) in [5, 5.41) is 9.92. The van der Waals surface area contributed by atoms with E-state index < -0.39 is 5.97 Å². The Morgan fingerprint density at radius 1 is 1.24 bits per heavy atom. The molecular weight excluding hydrogens is 436 g/mol. The molecule has 29 heavy (non-hydrogen) atoms. The summed E-state index contributed by atoms with van der Waals surface area (Å²) >= 11 is 3.46. The number of hydrogen-bond acceptors (Lipinski definition) is 4. The Morgan fingerprint density at radius 3 is 2.90 bits per heavy atom. The number of aromatic nitrogens is 2. The standard InChI is InChI=1S/C22H19BrN2O4/c1-14-19(24-22(29-14)16-3-2-4-17(23)11-16)8-10-28-18-5-6-20-15(12-18)7-9-25(20)13-21(26)27/h2-7,9,11-12H,8,10,13H2,1H3,(H,26,27). The molecule has 7 heteroatoms. The van der Waals surface area contributed by atoms with Crippen LogP contribution < -0.4 is 4.74 Å². The minimum atomic E-state index is -0.868. The van der Waals surface area contributed by atoms with Gasteiger partial charge in [-0.25, -0.2) is 4.98 Å². The van der Waals surface area contributed by atoms with Crippen LogP contribution in [0.15, 0.2) is 63.6 Å². The smallest absolute Gasteiger partial charge is 0.323 e. The molecule has 148 valence electrons. The Labute approximate surface area is 175 Å². The average Bonchev–Trinajstić information content (AvgIpc) is 3.25. The molecule has 0 unspecified atom stereocenters. The van der Waals surface area contributed by atoms with Crippen LogP contribution >= 0.6 is 15.9 Å². The summed E-state index contributed by atoms with van der Waals surface area (Å²) in [5.41, 5.74) is 2.66. The molecule has 0 aliphatic heterocycles. The largest absolute Gasteiger partial charge is 0.493 e. The zero-order valence-corrected chi connectivity index (χ0v) is 17.3. The van der Waals surface area contributed by atoms with Gasteiger partial charge in [0.15, 0.2) is 0 Å². The molecule has 4 aromatic rings. The van der Waals surface area contributed by atoms with Crippen LogP contribution in [0.1, 0.15) is 11.5 Å².